The number of carbonyl (C=O) groups excluding carboxylic acids is 1. The molecule has 2 aliphatic rings. The van der Waals surface area contributed by atoms with Crippen molar-refractivity contribution in [2.45, 2.75) is 12.8 Å². The molecule has 0 bridgehead atoms. The van der Waals surface area contributed by atoms with Crippen LogP contribution in [0.25, 0.3) is 0 Å². The van der Waals surface area contributed by atoms with Crippen molar-refractivity contribution in [1.82, 2.24) is 15.1 Å². The van der Waals surface area contributed by atoms with Crippen LogP contribution >= 0.6 is 11.6 Å². The van der Waals surface area contributed by atoms with Crippen LogP contribution in [0.1, 0.15) is 12.8 Å². The number of hydrogen-bond donors (Lipinski definition) is 1. The minimum Gasteiger partial charge on any atom is -0.371 e. The molecule has 2 fully saturated rings. The van der Waals surface area contributed by atoms with Crippen LogP contribution in [0.5, 0.6) is 0 Å². The first-order valence-electron chi connectivity index (χ1n) is 9.28. The number of carbonyl (C=O) groups is 1. The molecule has 1 N–H and O–H groups in total. The molecule has 0 aromatic heterocycles. The van der Waals surface area contributed by atoms with Crippen molar-refractivity contribution in [2.75, 3.05) is 64.3 Å². The Morgan fingerprint density at radius 3 is 2.96 bits per heavy atom. The molecule has 1 atom stereocenters. The van der Waals surface area contributed by atoms with Gasteiger partial charge < -0.3 is 15.1 Å². The normalized spacial score (nSPS) is 22.8. The second-order valence-electron chi connectivity index (χ2n) is 7.32. The average Bonchev–Trinajstić information content (AvgIpc) is 2.98. The molecular formula is C19H29ClN4O. The number of hydrogen-bond acceptors (Lipinski definition) is 4. The Morgan fingerprint density at radius 2 is 2.12 bits per heavy atom. The minimum absolute atomic E-state index is 0.158. The van der Waals surface area contributed by atoms with Crippen molar-refractivity contribution >= 4 is 23.2 Å². The van der Waals surface area contributed by atoms with Crippen molar-refractivity contribution < 1.29 is 4.79 Å². The lowest BCUT2D eigenvalue weighted by atomic mass is 10.1. The largest absolute Gasteiger partial charge is 0.371 e. The molecule has 3 rings (SSSR count). The second kappa shape index (κ2) is 8.88. The van der Waals surface area contributed by atoms with E-state index in [0.717, 1.165) is 63.7 Å². The Morgan fingerprint density at radius 1 is 1.24 bits per heavy atom. The number of amides is 1. The van der Waals surface area contributed by atoms with E-state index in [9.17, 15) is 4.79 Å². The topological polar surface area (TPSA) is 38.8 Å². The van der Waals surface area contributed by atoms with E-state index in [1.54, 1.807) is 0 Å². The zero-order valence-electron chi connectivity index (χ0n) is 15.1. The summed E-state index contributed by atoms with van der Waals surface area (Å²) in [6, 6.07) is 8.01. The van der Waals surface area contributed by atoms with E-state index in [4.69, 9.17) is 11.6 Å². The molecule has 5 nitrogen and oxygen atoms in total. The van der Waals surface area contributed by atoms with Crippen molar-refractivity contribution in [2.24, 2.45) is 5.92 Å². The summed E-state index contributed by atoms with van der Waals surface area (Å²) < 4.78 is 0. The molecule has 0 unspecified atom stereocenters. The second-order valence-corrected chi connectivity index (χ2v) is 7.75. The first kappa shape index (κ1) is 18.5. The molecule has 0 aliphatic carbocycles. The quantitative estimate of drug-likeness (QED) is 0.866. The van der Waals surface area contributed by atoms with E-state index in [2.05, 4.69) is 33.1 Å². The predicted octanol–water partition coefficient (Wildman–Crippen LogP) is 1.92. The number of halogens is 1. The number of anilines is 1. The van der Waals surface area contributed by atoms with Crippen LogP contribution in [0, 0.1) is 5.92 Å². The van der Waals surface area contributed by atoms with E-state index in [1.807, 2.05) is 18.2 Å². The Labute approximate surface area is 155 Å². The lowest BCUT2D eigenvalue weighted by Crippen LogP contribution is -2.40. The highest BCUT2D eigenvalue weighted by molar-refractivity contribution is 6.30. The van der Waals surface area contributed by atoms with Gasteiger partial charge >= 0.3 is 0 Å². The van der Waals surface area contributed by atoms with E-state index in [-0.39, 0.29) is 5.91 Å². The highest BCUT2D eigenvalue weighted by Gasteiger charge is 2.23. The van der Waals surface area contributed by atoms with Crippen LogP contribution in [0.4, 0.5) is 5.69 Å². The number of rotatable bonds is 5. The third-order valence-corrected chi connectivity index (χ3v) is 5.46. The summed E-state index contributed by atoms with van der Waals surface area (Å²) in [5.74, 6) is 0.670. The monoisotopic (exact) mass is 364 g/mol. The molecule has 2 aliphatic heterocycles. The molecule has 2 saturated heterocycles. The van der Waals surface area contributed by atoms with Crippen LogP contribution in [0.3, 0.4) is 0 Å². The zero-order valence-corrected chi connectivity index (χ0v) is 15.8. The zero-order chi connectivity index (χ0) is 17.6. The summed E-state index contributed by atoms with van der Waals surface area (Å²) in [7, 11) is 2.15. The van der Waals surface area contributed by atoms with Crippen molar-refractivity contribution in [1.29, 1.82) is 0 Å². The van der Waals surface area contributed by atoms with Crippen LogP contribution in [-0.2, 0) is 4.79 Å². The molecule has 0 saturated carbocycles. The Kier molecular flexibility index (Phi) is 6.57. The highest BCUT2D eigenvalue weighted by atomic mass is 35.5. The molecule has 1 amide bonds. The van der Waals surface area contributed by atoms with Gasteiger partial charge in [-0.2, -0.15) is 0 Å². The number of benzene rings is 1. The number of nitrogens with zero attached hydrogens (tertiary/aromatic N) is 3. The standard InChI is InChI=1S/C19H29ClN4O/c1-22-7-3-8-23(11-10-22)15-19(25)21-13-16-6-9-24(14-16)18-5-2-4-17(20)12-18/h2,4-5,12,16H,3,6-11,13-15H2,1H3,(H,21,25)/t16-/m1/s1. The number of likely N-dealkylation sites (N-methyl/N-ethyl adjacent to an activating group) is 1. The van der Waals surface area contributed by atoms with E-state index in [1.165, 1.54) is 5.69 Å². The highest BCUT2D eigenvalue weighted by Crippen LogP contribution is 2.25. The fraction of sp³-hybridized carbons (Fsp3) is 0.632. The fourth-order valence-corrected chi connectivity index (χ4v) is 3.87. The fourth-order valence-electron chi connectivity index (χ4n) is 3.68. The summed E-state index contributed by atoms with van der Waals surface area (Å²) in [5.41, 5.74) is 1.18. The first-order valence-corrected chi connectivity index (χ1v) is 9.66. The van der Waals surface area contributed by atoms with Gasteiger partial charge in [-0.25, -0.2) is 0 Å². The predicted molar refractivity (Wildman–Crippen MR) is 103 cm³/mol. The average molecular weight is 365 g/mol. The van der Waals surface area contributed by atoms with Gasteiger partial charge in [0, 0.05) is 43.4 Å². The molecule has 1 aromatic carbocycles. The van der Waals surface area contributed by atoms with Crippen LogP contribution in [-0.4, -0.2) is 75.1 Å². The van der Waals surface area contributed by atoms with Gasteiger partial charge in [0.05, 0.1) is 6.54 Å². The van der Waals surface area contributed by atoms with Gasteiger partial charge in [0.15, 0.2) is 0 Å². The van der Waals surface area contributed by atoms with Crippen LogP contribution in [0.2, 0.25) is 5.02 Å². The third kappa shape index (κ3) is 5.59. The van der Waals surface area contributed by atoms with E-state index in [0.29, 0.717) is 12.5 Å². The van der Waals surface area contributed by atoms with E-state index >= 15 is 0 Å². The Bertz CT molecular complexity index is 582. The molecule has 1 aromatic rings. The third-order valence-electron chi connectivity index (χ3n) is 5.23. The van der Waals surface area contributed by atoms with Gasteiger partial charge in [0.25, 0.3) is 0 Å². The number of nitrogens with one attached hydrogen (secondary N) is 1. The van der Waals surface area contributed by atoms with Gasteiger partial charge in [-0.3, -0.25) is 9.69 Å². The van der Waals surface area contributed by atoms with Gasteiger partial charge in [-0.15, -0.1) is 0 Å². The molecule has 138 valence electrons. The lowest BCUT2D eigenvalue weighted by molar-refractivity contribution is -0.122. The maximum atomic E-state index is 12.3. The summed E-state index contributed by atoms with van der Waals surface area (Å²) in [5, 5.41) is 3.92. The van der Waals surface area contributed by atoms with E-state index < -0.39 is 0 Å². The minimum atomic E-state index is 0.158. The van der Waals surface area contributed by atoms with Crippen molar-refractivity contribution in [3.8, 4) is 0 Å². The maximum Gasteiger partial charge on any atom is 0.234 e. The summed E-state index contributed by atoms with van der Waals surface area (Å²) in [6.07, 6.45) is 2.25. The summed E-state index contributed by atoms with van der Waals surface area (Å²) >= 11 is 6.08. The van der Waals surface area contributed by atoms with Gasteiger partial charge in [-0.05, 0) is 57.1 Å². The molecular weight excluding hydrogens is 336 g/mol. The summed E-state index contributed by atoms with van der Waals surface area (Å²) in [4.78, 5) is 19.2. The maximum absolute atomic E-state index is 12.3. The molecule has 2 heterocycles. The summed E-state index contributed by atoms with van der Waals surface area (Å²) in [6.45, 7) is 7.47. The molecule has 0 spiro atoms. The van der Waals surface area contributed by atoms with Crippen LogP contribution < -0.4 is 10.2 Å². The van der Waals surface area contributed by atoms with Gasteiger partial charge in [0.2, 0.25) is 5.91 Å². The van der Waals surface area contributed by atoms with Crippen molar-refractivity contribution in [3.05, 3.63) is 29.3 Å². The SMILES string of the molecule is CN1CCCN(CC(=O)NC[C@H]2CCN(c3cccc(Cl)c3)C2)CC1. The first-order chi connectivity index (χ1) is 12.1. The molecule has 25 heavy (non-hydrogen) atoms. The molecule has 6 heteroatoms. The van der Waals surface area contributed by atoms with Gasteiger partial charge in [-0.1, -0.05) is 17.7 Å². The van der Waals surface area contributed by atoms with Crippen molar-refractivity contribution in [3.63, 3.8) is 0 Å². The Balaban J connectivity index is 1.39. The smallest absolute Gasteiger partial charge is 0.234 e. The Hall–Kier alpha value is -1.30. The molecule has 0 radical (unpaired) electrons. The van der Waals surface area contributed by atoms with Crippen LogP contribution in [0.15, 0.2) is 24.3 Å². The van der Waals surface area contributed by atoms with Gasteiger partial charge in [0.1, 0.15) is 0 Å². The lowest BCUT2D eigenvalue weighted by Gasteiger charge is -2.21.